The Balaban J connectivity index is 1.68. The van der Waals surface area contributed by atoms with Gasteiger partial charge >= 0.3 is 0 Å². The molecule has 1 atom stereocenters. The first-order chi connectivity index (χ1) is 10.1. The zero-order chi connectivity index (χ0) is 14.9. The van der Waals surface area contributed by atoms with Gasteiger partial charge in [-0.05, 0) is 19.9 Å². The number of nitrogens with zero attached hydrogens (tertiary/aromatic N) is 2. The van der Waals surface area contributed by atoms with Gasteiger partial charge in [0.2, 0.25) is 0 Å². The van der Waals surface area contributed by atoms with Gasteiger partial charge in [0, 0.05) is 35.1 Å². The van der Waals surface area contributed by atoms with E-state index in [0.717, 1.165) is 31.1 Å². The van der Waals surface area contributed by atoms with Gasteiger partial charge in [-0.2, -0.15) is 0 Å². The summed E-state index contributed by atoms with van der Waals surface area (Å²) in [5.74, 6) is 0.305. The Morgan fingerprint density at radius 3 is 2.81 bits per heavy atom. The van der Waals surface area contributed by atoms with Crippen molar-refractivity contribution in [1.29, 1.82) is 0 Å². The molecule has 2 aromatic rings. The summed E-state index contributed by atoms with van der Waals surface area (Å²) in [6, 6.07) is 10.3. The van der Waals surface area contributed by atoms with Gasteiger partial charge in [-0.3, -0.25) is 9.69 Å². The summed E-state index contributed by atoms with van der Waals surface area (Å²) in [5, 5.41) is 1.07. The van der Waals surface area contributed by atoms with Crippen LogP contribution in [0.2, 0.25) is 0 Å². The Kier molecular flexibility index (Phi) is 3.91. The number of aromatic nitrogens is 1. The number of Topliss-reactive ketones (excluding diaryl/α,β-unsaturated/α-hetero) is 1. The van der Waals surface area contributed by atoms with E-state index in [1.807, 2.05) is 24.4 Å². The number of hydrogen-bond donors (Lipinski definition) is 0. The molecular formula is C17H20N2OS. The third-order valence-electron chi connectivity index (χ3n) is 4.36. The summed E-state index contributed by atoms with van der Waals surface area (Å²) in [6.45, 7) is 6.55. The molecule has 1 saturated heterocycles. The third-order valence-corrected chi connectivity index (χ3v) is 5.39. The van der Waals surface area contributed by atoms with Crippen LogP contribution < -0.4 is 0 Å². The second kappa shape index (κ2) is 5.70. The number of carbonyl (C=O) groups is 1. The molecule has 1 aromatic carbocycles. The predicted octanol–water partition coefficient (Wildman–Crippen LogP) is 3.61. The van der Waals surface area contributed by atoms with Crippen LogP contribution in [-0.4, -0.2) is 28.8 Å². The van der Waals surface area contributed by atoms with E-state index in [0.29, 0.717) is 5.78 Å². The van der Waals surface area contributed by atoms with Gasteiger partial charge in [0.15, 0.2) is 0 Å². The molecule has 2 heterocycles. The van der Waals surface area contributed by atoms with Gasteiger partial charge in [0.1, 0.15) is 10.8 Å². The van der Waals surface area contributed by atoms with Crippen molar-refractivity contribution < 1.29 is 4.79 Å². The second-order valence-electron chi connectivity index (χ2n) is 6.08. The van der Waals surface area contributed by atoms with Crippen LogP contribution in [0, 0.1) is 5.41 Å². The van der Waals surface area contributed by atoms with Crippen molar-refractivity contribution in [3.8, 4) is 10.6 Å². The maximum absolute atomic E-state index is 11.7. The van der Waals surface area contributed by atoms with Crippen LogP contribution in [0.15, 0.2) is 36.5 Å². The zero-order valence-electron chi connectivity index (χ0n) is 12.5. The fraction of sp³-hybridized carbons (Fsp3) is 0.412. The molecule has 0 spiro atoms. The Labute approximate surface area is 129 Å². The van der Waals surface area contributed by atoms with E-state index in [1.165, 1.54) is 10.4 Å². The number of hydrogen-bond acceptors (Lipinski definition) is 4. The molecule has 1 aliphatic heterocycles. The zero-order valence-corrected chi connectivity index (χ0v) is 13.3. The SMILES string of the molecule is CC(=O)C1(C)CCN(Cc2cnc(-c3ccccc3)s2)C1. The number of benzene rings is 1. The molecule has 1 fully saturated rings. The Morgan fingerprint density at radius 1 is 1.38 bits per heavy atom. The second-order valence-corrected chi connectivity index (χ2v) is 7.19. The lowest BCUT2D eigenvalue weighted by molar-refractivity contribution is -0.125. The molecule has 3 nitrogen and oxygen atoms in total. The highest BCUT2D eigenvalue weighted by atomic mass is 32.1. The molecule has 21 heavy (non-hydrogen) atoms. The van der Waals surface area contributed by atoms with Crippen LogP contribution in [0.3, 0.4) is 0 Å². The van der Waals surface area contributed by atoms with Gasteiger partial charge in [0.05, 0.1) is 0 Å². The molecule has 0 aliphatic carbocycles. The van der Waals surface area contributed by atoms with Gasteiger partial charge in [0.25, 0.3) is 0 Å². The number of thiazole rings is 1. The van der Waals surface area contributed by atoms with E-state index in [2.05, 4.69) is 28.9 Å². The molecule has 1 aromatic heterocycles. The number of ketones is 1. The van der Waals surface area contributed by atoms with Crippen LogP contribution in [-0.2, 0) is 11.3 Å². The van der Waals surface area contributed by atoms with E-state index < -0.39 is 0 Å². The van der Waals surface area contributed by atoms with Crippen molar-refractivity contribution in [2.24, 2.45) is 5.41 Å². The fourth-order valence-corrected chi connectivity index (χ4v) is 3.75. The predicted molar refractivity (Wildman–Crippen MR) is 86.2 cm³/mol. The first kappa shape index (κ1) is 14.4. The number of rotatable bonds is 4. The van der Waals surface area contributed by atoms with Crippen molar-refractivity contribution in [2.45, 2.75) is 26.8 Å². The number of carbonyl (C=O) groups excluding carboxylic acids is 1. The highest BCUT2D eigenvalue weighted by Gasteiger charge is 2.37. The van der Waals surface area contributed by atoms with E-state index in [-0.39, 0.29) is 5.41 Å². The average molecular weight is 300 g/mol. The van der Waals surface area contributed by atoms with E-state index in [9.17, 15) is 4.79 Å². The van der Waals surface area contributed by atoms with Crippen molar-refractivity contribution in [2.75, 3.05) is 13.1 Å². The summed E-state index contributed by atoms with van der Waals surface area (Å²) >= 11 is 1.74. The summed E-state index contributed by atoms with van der Waals surface area (Å²) in [4.78, 5) is 19.9. The monoisotopic (exact) mass is 300 g/mol. The van der Waals surface area contributed by atoms with Crippen molar-refractivity contribution in [3.05, 3.63) is 41.4 Å². The minimum absolute atomic E-state index is 0.160. The van der Waals surface area contributed by atoms with Crippen LogP contribution in [0.5, 0.6) is 0 Å². The maximum Gasteiger partial charge on any atom is 0.137 e. The standard InChI is InChI=1S/C17H20N2OS/c1-13(20)17(2)8-9-19(12-17)11-15-10-18-16(21-15)14-6-4-3-5-7-14/h3-7,10H,8-9,11-12H2,1-2H3. The Morgan fingerprint density at radius 2 is 2.14 bits per heavy atom. The molecule has 0 N–H and O–H groups in total. The molecule has 4 heteroatoms. The first-order valence-electron chi connectivity index (χ1n) is 7.30. The Bertz CT molecular complexity index is 637. The van der Waals surface area contributed by atoms with Gasteiger partial charge in [-0.15, -0.1) is 11.3 Å². The quantitative estimate of drug-likeness (QED) is 0.865. The summed E-state index contributed by atoms with van der Waals surface area (Å²) in [7, 11) is 0. The van der Waals surface area contributed by atoms with Crippen LogP contribution in [0.25, 0.3) is 10.6 Å². The van der Waals surface area contributed by atoms with Gasteiger partial charge < -0.3 is 0 Å². The maximum atomic E-state index is 11.7. The molecule has 1 unspecified atom stereocenters. The molecule has 3 rings (SSSR count). The van der Waals surface area contributed by atoms with Crippen molar-refractivity contribution in [3.63, 3.8) is 0 Å². The molecule has 0 bridgehead atoms. The summed E-state index contributed by atoms with van der Waals surface area (Å²) in [6.07, 6.45) is 2.93. The summed E-state index contributed by atoms with van der Waals surface area (Å²) < 4.78 is 0. The van der Waals surface area contributed by atoms with E-state index in [1.54, 1.807) is 18.3 Å². The minimum Gasteiger partial charge on any atom is -0.299 e. The first-order valence-corrected chi connectivity index (χ1v) is 8.12. The highest BCUT2D eigenvalue weighted by molar-refractivity contribution is 7.15. The molecule has 0 saturated carbocycles. The Hall–Kier alpha value is -1.52. The fourth-order valence-electron chi connectivity index (χ4n) is 2.79. The lowest BCUT2D eigenvalue weighted by Gasteiger charge is -2.21. The molecule has 1 aliphatic rings. The van der Waals surface area contributed by atoms with Crippen LogP contribution in [0.4, 0.5) is 0 Å². The lowest BCUT2D eigenvalue weighted by Crippen LogP contribution is -2.29. The normalized spacial score (nSPS) is 22.6. The summed E-state index contributed by atoms with van der Waals surface area (Å²) in [5.41, 5.74) is 1.01. The lowest BCUT2D eigenvalue weighted by atomic mass is 9.86. The van der Waals surface area contributed by atoms with Crippen molar-refractivity contribution >= 4 is 17.1 Å². The smallest absolute Gasteiger partial charge is 0.137 e. The van der Waals surface area contributed by atoms with Crippen molar-refractivity contribution in [1.82, 2.24) is 9.88 Å². The highest BCUT2D eigenvalue weighted by Crippen LogP contribution is 2.33. The molecule has 0 radical (unpaired) electrons. The average Bonchev–Trinajstić information content (AvgIpc) is 3.08. The largest absolute Gasteiger partial charge is 0.299 e. The van der Waals surface area contributed by atoms with Crippen LogP contribution >= 0.6 is 11.3 Å². The minimum atomic E-state index is -0.160. The molecular weight excluding hydrogens is 280 g/mol. The van der Waals surface area contributed by atoms with E-state index in [4.69, 9.17) is 0 Å². The molecule has 110 valence electrons. The van der Waals surface area contributed by atoms with E-state index >= 15 is 0 Å². The van der Waals surface area contributed by atoms with Gasteiger partial charge in [-0.1, -0.05) is 37.3 Å². The third kappa shape index (κ3) is 3.06. The molecule has 0 amide bonds. The topological polar surface area (TPSA) is 33.2 Å². The number of likely N-dealkylation sites (tertiary alicyclic amines) is 1. The van der Waals surface area contributed by atoms with Gasteiger partial charge in [-0.25, -0.2) is 4.98 Å². The van der Waals surface area contributed by atoms with Crippen LogP contribution in [0.1, 0.15) is 25.1 Å².